The van der Waals surface area contributed by atoms with Gasteiger partial charge in [-0.15, -0.1) is 0 Å². The Morgan fingerprint density at radius 2 is 0.901 bits per heavy atom. The van der Waals surface area contributed by atoms with Crippen LogP contribution in [0.4, 0.5) is 0 Å². The van der Waals surface area contributed by atoms with Gasteiger partial charge in [0.1, 0.15) is 19.3 Å². The molecular formula is C61H116N2O7P+. The van der Waals surface area contributed by atoms with Crippen molar-refractivity contribution in [2.24, 2.45) is 0 Å². The van der Waals surface area contributed by atoms with Gasteiger partial charge in [-0.2, -0.15) is 0 Å². The molecule has 0 radical (unpaired) electrons. The van der Waals surface area contributed by atoms with Gasteiger partial charge in [0, 0.05) is 12.8 Å². The molecule has 0 aliphatic heterocycles. The van der Waals surface area contributed by atoms with Crippen LogP contribution in [-0.2, 0) is 27.9 Å². The van der Waals surface area contributed by atoms with E-state index in [0.717, 1.165) is 83.5 Å². The molecule has 0 aliphatic carbocycles. The normalized spacial score (nSPS) is 14.1. The number of hydrogen-bond donors (Lipinski definition) is 2. The van der Waals surface area contributed by atoms with Gasteiger partial charge in [-0.25, -0.2) is 4.57 Å². The van der Waals surface area contributed by atoms with E-state index in [1.165, 1.54) is 161 Å². The van der Waals surface area contributed by atoms with Crippen molar-refractivity contribution in [2.75, 3.05) is 40.9 Å². The van der Waals surface area contributed by atoms with Crippen LogP contribution in [-0.4, -0.2) is 74.3 Å². The van der Waals surface area contributed by atoms with Crippen molar-refractivity contribution < 1.29 is 37.3 Å². The molecule has 0 aromatic heterocycles. The molecule has 0 spiro atoms. The molecule has 1 amide bonds. The van der Waals surface area contributed by atoms with Gasteiger partial charge in [0.15, 0.2) is 0 Å². The number of likely N-dealkylation sites (N-methyl/N-ethyl adjacent to an activating group) is 1. The first-order valence-electron chi connectivity index (χ1n) is 30.0. The average molecular weight is 1020 g/mol. The Balaban J connectivity index is 5.28. The van der Waals surface area contributed by atoms with Crippen LogP contribution in [0.2, 0.25) is 0 Å². The van der Waals surface area contributed by atoms with Gasteiger partial charge in [0.05, 0.1) is 33.8 Å². The number of esters is 1. The third-order valence-electron chi connectivity index (χ3n) is 13.3. The van der Waals surface area contributed by atoms with E-state index < -0.39 is 20.0 Å². The maximum absolute atomic E-state index is 13.5. The highest BCUT2D eigenvalue weighted by Gasteiger charge is 2.30. The van der Waals surface area contributed by atoms with Crippen molar-refractivity contribution in [3.63, 3.8) is 0 Å². The first kappa shape index (κ1) is 69.0. The maximum Gasteiger partial charge on any atom is 0.472 e. The number of rotatable bonds is 54. The van der Waals surface area contributed by atoms with E-state index in [2.05, 4.69) is 62.5 Å². The Hall–Kier alpha value is -2.03. The molecule has 0 aliphatic rings. The third kappa shape index (κ3) is 52.6. The highest BCUT2D eigenvalue weighted by molar-refractivity contribution is 7.47. The van der Waals surface area contributed by atoms with Crippen LogP contribution in [0, 0.1) is 0 Å². The zero-order chi connectivity index (χ0) is 52.2. The summed E-state index contributed by atoms with van der Waals surface area (Å²) in [6.07, 6.45) is 62.5. The summed E-state index contributed by atoms with van der Waals surface area (Å²) < 4.78 is 30.6. The number of nitrogens with zero attached hydrogens (tertiary/aromatic N) is 1. The van der Waals surface area contributed by atoms with Crippen molar-refractivity contribution in [3.05, 3.63) is 48.6 Å². The number of hydrogen-bond acceptors (Lipinski definition) is 6. The van der Waals surface area contributed by atoms with Crippen LogP contribution in [0.25, 0.3) is 0 Å². The van der Waals surface area contributed by atoms with Crippen LogP contribution < -0.4 is 5.32 Å². The van der Waals surface area contributed by atoms with E-state index >= 15 is 0 Å². The Bertz CT molecular complexity index is 1360. The number of carbonyl (C=O) groups is 2. The SMILES string of the molecule is CC/C=C/C=C/C=C\CCCCCCCC(=O)NC(COP(=O)(O)OCC[N+](C)(C)C)C(/C=C\CCCCCCCCCCCCC)OC(=O)CCCCCCCCCCCCCCCCCCCCC. The van der Waals surface area contributed by atoms with Crippen molar-refractivity contribution in [1.29, 1.82) is 0 Å². The molecule has 0 heterocycles. The Morgan fingerprint density at radius 3 is 1.34 bits per heavy atom. The summed E-state index contributed by atoms with van der Waals surface area (Å²) in [5, 5.41) is 3.04. The quantitative estimate of drug-likeness (QED) is 0.0156. The summed E-state index contributed by atoms with van der Waals surface area (Å²) in [6, 6.07) is -0.856. The predicted molar refractivity (Wildman–Crippen MR) is 305 cm³/mol. The number of phosphoric ester groups is 1. The molecular weight excluding hydrogens is 904 g/mol. The fourth-order valence-electron chi connectivity index (χ4n) is 8.71. The lowest BCUT2D eigenvalue weighted by Gasteiger charge is -2.27. The van der Waals surface area contributed by atoms with Gasteiger partial charge < -0.3 is 19.4 Å². The summed E-state index contributed by atoms with van der Waals surface area (Å²) in [5.74, 6) is -0.520. The number of ether oxygens (including phenoxy) is 1. The van der Waals surface area contributed by atoms with Crippen molar-refractivity contribution in [3.8, 4) is 0 Å². The van der Waals surface area contributed by atoms with Crippen LogP contribution in [0.15, 0.2) is 48.6 Å². The molecule has 0 fully saturated rings. The minimum absolute atomic E-state index is 0.0367. The lowest BCUT2D eigenvalue weighted by molar-refractivity contribution is -0.870. The standard InChI is InChI=1S/C61H115N2O7P/c1-7-10-13-16-19-22-25-28-29-30-31-32-33-36-39-42-45-48-51-54-61(65)70-59(52-49-46-43-40-37-34-26-23-20-17-14-11-8-2)58(57-69-71(66,67)68-56-55-63(4,5)6)62-60(64)53-50-47-44-41-38-35-27-24-21-18-15-12-9-3/h12,15,18,21,24,27,49,52,58-59H,7-11,13-14,16-17,19-20,22-23,25-26,28-48,50-51,53-57H2,1-6H3,(H-,62,64,66,67)/p+1/b15-12+,21-18+,27-24-,52-49-. The molecule has 416 valence electrons. The highest BCUT2D eigenvalue weighted by Crippen LogP contribution is 2.43. The molecule has 3 atom stereocenters. The second-order valence-electron chi connectivity index (χ2n) is 21.6. The number of allylic oxidation sites excluding steroid dienone is 7. The Morgan fingerprint density at radius 1 is 0.507 bits per heavy atom. The smallest absolute Gasteiger partial charge is 0.456 e. The van der Waals surface area contributed by atoms with E-state index in [9.17, 15) is 19.0 Å². The largest absolute Gasteiger partial charge is 0.472 e. The first-order chi connectivity index (χ1) is 34.4. The summed E-state index contributed by atoms with van der Waals surface area (Å²) in [4.78, 5) is 37.6. The van der Waals surface area contributed by atoms with Crippen molar-refractivity contribution in [1.82, 2.24) is 5.32 Å². The van der Waals surface area contributed by atoms with Crippen LogP contribution in [0.3, 0.4) is 0 Å². The fourth-order valence-corrected chi connectivity index (χ4v) is 9.44. The molecule has 0 aromatic rings. The van der Waals surface area contributed by atoms with E-state index in [1.54, 1.807) is 0 Å². The van der Waals surface area contributed by atoms with Gasteiger partial charge in [-0.3, -0.25) is 18.6 Å². The van der Waals surface area contributed by atoms with Crippen molar-refractivity contribution >= 4 is 19.7 Å². The number of nitrogens with one attached hydrogen (secondary N) is 1. The van der Waals surface area contributed by atoms with Gasteiger partial charge in [0.25, 0.3) is 0 Å². The van der Waals surface area contributed by atoms with Crippen molar-refractivity contribution in [2.45, 2.75) is 290 Å². The predicted octanol–water partition coefficient (Wildman–Crippen LogP) is 18.1. The zero-order valence-corrected chi connectivity index (χ0v) is 48.4. The van der Waals surface area contributed by atoms with E-state index in [1.807, 2.05) is 33.3 Å². The molecule has 0 aromatic carbocycles. The van der Waals surface area contributed by atoms with Crippen LogP contribution in [0.1, 0.15) is 278 Å². The van der Waals surface area contributed by atoms with E-state index in [4.69, 9.17) is 13.8 Å². The molecule has 0 saturated heterocycles. The van der Waals surface area contributed by atoms with Gasteiger partial charge in [0.2, 0.25) is 5.91 Å². The summed E-state index contributed by atoms with van der Waals surface area (Å²) in [5.41, 5.74) is 0. The average Bonchev–Trinajstić information content (AvgIpc) is 3.33. The lowest BCUT2D eigenvalue weighted by Crippen LogP contribution is -2.47. The summed E-state index contributed by atoms with van der Waals surface area (Å²) >= 11 is 0. The van der Waals surface area contributed by atoms with Gasteiger partial charge >= 0.3 is 13.8 Å². The topological polar surface area (TPSA) is 111 Å². The second kappa shape index (κ2) is 51.5. The summed E-state index contributed by atoms with van der Waals surface area (Å²) in [6.45, 7) is 6.89. The fraction of sp³-hybridized carbons (Fsp3) is 0.836. The maximum atomic E-state index is 13.5. The molecule has 0 saturated carbocycles. The molecule has 0 bridgehead atoms. The number of carbonyl (C=O) groups excluding carboxylic acids is 2. The van der Waals surface area contributed by atoms with Crippen LogP contribution >= 0.6 is 7.82 Å². The number of amides is 1. The minimum Gasteiger partial charge on any atom is -0.456 e. The lowest BCUT2D eigenvalue weighted by atomic mass is 10.0. The van der Waals surface area contributed by atoms with E-state index in [0.29, 0.717) is 23.9 Å². The zero-order valence-electron chi connectivity index (χ0n) is 47.5. The van der Waals surface area contributed by atoms with E-state index in [-0.39, 0.29) is 25.1 Å². The molecule has 10 heteroatoms. The molecule has 71 heavy (non-hydrogen) atoms. The third-order valence-corrected chi connectivity index (χ3v) is 14.3. The van der Waals surface area contributed by atoms with Gasteiger partial charge in [-0.05, 0) is 51.0 Å². The Kier molecular flexibility index (Phi) is 50.0. The van der Waals surface area contributed by atoms with Gasteiger partial charge in [-0.1, -0.05) is 262 Å². The highest BCUT2D eigenvalue weighted by atomic mass is 31.2. The minimum atomic E-state index is -4.45. The first-order valence-corrected chi connectivity index (χ1v) is 31.5. The number of phosphoric acid groups is 1. The second-order valence-corrected chi connectivity index (χ2v) is 23.0. The Labute approximate surface area is 439 Å². The molecule has 0 rings (SSSR count). The number of unbranched alkanes of at least 4 members (excludes halogenated alkanes) is 34. The molecule has 2 N–H and O–H groups in total. The number of quaternary nitrogens is 1. The van der Waals surface area contributed by atoms with Crippen LogP contribution in [0.5, 0.6) is 0 Å². The molecule has 3 unspecified atom stereocenters. The summed E-state index contributed by atoms with van der Waals surface area (Å²) in [7, 11) is 1.49. The monoisotopic (exact) mass is 1020 g/mol. The molecule has 9 nitrogen and oxygen atoms in total.